The Morgan fingerprint density at radius 3 is 2.77 bits per heavy atom. The van der Waals surface area contributed by atoms with Gasteiger partial charge in [-0.1, -0.05) is 6.07 Å². The molecular formula is C16H22BrFN2O2. The van der Waals surface area contributed by atoms with E-state index in [9.17, 15) is 9.18 Å². The third-order valence-corrected chi connectivity index (χ3v) is 4.26. The average Bonchev–Trinajstić information content (AvgIpc) is 2.74. The molecule has 1 fully saturated rings. The van der Waals surface area contributed by atoms with Gasteiger partial charge in [-0.05, 0) is 67.2 Å². The summed E-state index contributed by atoms with van der Waals surface area (Å²) in [5.41, 5.74) is 6.55. The molecule has 1 aliphatic rings. The van der Waals surface area contributed by atoms with Gasteiger partial charge in [0.05, 0.1) is 10.5 Å². The molecule has 1 aromatic rings. The molecule has 1 saturated heterocycles. The fourth-order valence-corrected chi connectivity index (χ4v) is 3.02. The predicted octanol–water partition coefficient (Wildman–Crippen LogP) is 3.47. The van der Waals surface area contributed by atoms with Gasteiger partial charge in [-0.25, -0.2) is 9.18 Å². The van der Waals surface area contributed by atoms with Crippen molar-refractivity contribution in [2.45, 2.75) is 51.3 Å². The third kappa shape index (κ3) is 4.20. The van der Waals surface area contributed by atoms with Crippen molar-refractivity contribution in [1.82, 2.24) is 4.90 Å². The lowest BCUT2D eigenvalue weighted by Crippen LogP contribution is -2.46. The van der Waals surface area contributed by atoms with Crippen molar-refractivity contribution >= 4 is 22.0 Å². The SMILES string of the molecule is CC(C)(C)OC(=O)N1CCC(N)C1Cc1ccc(F)c(Br)c1. The molecule has 122 valence electrons. The molecule has 0 aromatic heterocycles. The Bertz CT molecular complexity index is 560. The van der Waals surface area contributed by atoms with Crippen molar-refractivity contribution in [2.75, 3.05) is 6.54 Å². The number of hydrogen-bond donors (Lipinski definition) is 1. The van der Waals surface area contributed by atoms with Crippen molar-refractivity contribution in [3.05, 3.63) is 34.1 Å². The molecule has 4 nitrogen and oxygen atoms in total. The summed E-state index contributed by atoms with van der Waals surface area (Å²) in [4.78, 5) is 14.0. The van der Waals surface area contributed by atoms with E-state index in [1.54, 1.807) is 17.0 Å². The molecule has 0 aliphatic carbocycles. The number of ether oxygens (including phenoxy) is 1. The lowest BCUT2D eigenvalue weighted by Gasteiger charge is -2.30. The summed E-state index contributed by atoms with van der Waals surface area (Å²) in [5.74, 6) is -0.302. The fourth-order valence-electron chi connectivity index (χ4n) is 2.59. The van der Waals surface area contributed by atoms with E-state index in [-0.39, 0.29) is 24.0 Å². The van der Waals surface area contributed by atoms with E-state index in [0.717, 1.165) is 12.0 Å². The zero-order valence-corrected chi connectivity index (χ0v) is 14.7. The number of hydrogen-bond acceptors (Lipinski definition) is 3. The van der Waals surface area contributed by atoms with Gasteiger partial charge in [0, 0.05) is 12.6 Å². The van der Waals surface area contributed by atoms with Crippen molar-refractivity contribution in [3.63, 3.8) is 0 Å². The van der Waals surface area contributed by atoms with Gasteiger partial charge in [0.25, 0.3) is 0 Å². The first-order valence-corrected chi connectivity index (χ1v) is 8.16. The van der Waals surface area contributed by atoms with Crippen LogP contribution in [0.15, 0.2) is 22.7 Å². The van der Waals surface area contributed by atoms with Crippen LogP contribution in [-0.2, 0) is 11.2 Å². The van der Waals surface area contributed by atoms with Crippen LogP contribution in [0.3, 0.4) is 0 Å². The van der Waals surface area contributed by atoms with E-state index in [1.807, 2.05) is 20.8 Å². The number of carbonyl (C=O) groups excluding carboxylic acids is 1. The largest absolute Gasteiger partial charge is 0.444 e. The number of carbonyl (C=O) groups is 1. The van der Waals surface area contributed by atoms with E-state index in [0.29, 0.717) is 17.4 Å². The first kappa shape index (κ1) is 17.2. The molecule has 0 saturated carbocycles. The minimum atomic E-state index is -0.535. The Kier molecular flexibility index (Phi) is 5.12. The molecule has 0 spiro atoms. The molecule has 0 bridgehead atoms. The van der Waals surface area contributed by atoms with Crippen molar-refractivity contribution in [1.29, 1.82) is 0 Å². The highest BCUT2D eigenvalue weighted by molar-refractivity contribution is 9.10. The zero-order chi connectivity index (χ0) is 16.5. The van der Waals surface area contributed by atoms with Gasteiger partial charge >= 0.3 is 6.09 Å². The summed E-state index contributed by atoms with van der Waals surface area (Å²) in [7, 11) is 0. The highest BCUT2D eigenvalue weighted by Gasteiger charge is 2.37. The summed E-state index contributed by atoms with van der Waals surface area (Å²) >= 11 is 3.18. The molecule has 2 N–H and O–H groups in total. The molecule has 2 rings (SSSR count). The smallest absolute Gasteiger partial charge is 0.410 e. The van der Waals surface area contributed by atoms with Gasteiger partial charge in [0.1, 0.15) is 11.4 Å². The van der Waals surface area contributed by atoms with Crippen LogP contribution < -0.4 is 5.73 Å². The summed E-state index contributed by atoms with van der Waals surface area (Å²) in [6.45, 7) is 6.11. The quantitative estimate of drug-likeness (QED) is 0.864. The molecule has 2 unspecified atom stereocenters. The molecule has 22 heavy (non-hydrogen) atoms. The maximum atomic E-state index is 13.3. The number of rotatable bonds is 2. The Morgan fingerprint density at radius 1 is 1.50 bits per heavy atom. The normalized spacial score (nSPS) is 22.0. The van der Waals surface area contributed by atoms with Crippen molar-refractivity contribution in [2.24, 2.45) is 5.73 Å². The molecule has 6 heteroatoms. The van der Waals surface area contributed by atoms with Crippen LogP contribution in [0.5, 0.6) is 0 Å². The van der Waals surface area contributed by atoms with Crippen LogP contribution in [0.4, 0.5) is 9.18 Å². The van der Waals surface area contributed by atoms with Gasteiger partial charge in [-0.3, -0.25) is 0 Å². The Balaban J connectivity index is 2.12. The number of halogens is 2. The maximum Gasteiger partial charge on any atom is 0.410 e. The first-order chi connectivity index (χ1) is 10.2. The molecule has 1 aliphatic heterocycles. The molecule has 2 atom stereocenters. The summed E-state index contributed by atoms with van der Waals surface area (Å²) in [6, 6.07) is 4.63. The Hall–Kier alpha value is -1.14. The first-order valence-electron chi connectivity index (χ1n) is 7.36. The Morgan fingerprint density at radius 2 is 2.18 bits per heavy atom. The predicted molar refractivity (Wildman–Crippen MR) is 87.1 cm³/mol. The van der Waals surface area contributed by atoms with Crippen LogP contribution >= 0.6 is 15.9 Å². The van der Waals surface area contributed by atoms with Crippen LogP contribution in [0, 0.1) is 5.82 Å². The molecule has 1 heterocycles. The standard InChI is InChI=1S/C16H22BrFN2O2/c1-16(2,3)22-15(21)20-7-6-13(19)14(20)9-10-4-5-12(18)11(17)8-10/h4-5,8,13-14H,6-7,9,19H2,1-3H3. The maximum absolute atomic E-state index is 13.3. The number of benzene rings is 1. The van der Waals surface area contributed by atoms with Crippen LogP contribution in [0.2, 0.25) is 0 Å². The zero-order valence-electron chi connectivity index (χ0n) is 13.1. The summed E-state index contributed by atoms with van der Waals surface area (Å²) in [6.07, 6.45) is 0.984. The van der Waals surface area contributed by atoms with Crippen molar-refractivity contribution < 1.29 is 13.9 Å². The molecule has 1 aromatic carbocycles. The van der Waals surface area contributed by atoms with Gasteiger partial charge < -0.3 is 15.4 Å². The minimum Gasteiger partial charge on any atom is -0.444 e. The van der Waals surface area contributed by atoms with E-state index in [2.05, 4.69) is 15.9 Å². The monoisotopic (exact) mass is 372 g/mol. The van der Waals surface area contributed by atoms with E-state index in [4.69, 9.17) is 10.5 Å². The highest BCUT2D eigenvalue weighted by Crippen LogP contribution is 2.25. The summed E-state index contributed by atoms with van der Waals surface area (Å²) < 4.78 is 19.2. The third-order valence-electron chi connectivity index (χ3n) is 3.65. The summed E-state index contributed by atoms with van der Waals surface area (Å²) in [5, 5.41) is 0. The second-order valence-electron chi connectivity index (χ2n) is 6.65. The van der Waals surface area contributed by atoms with Gasteiger partial charge in [-0.15, -0.1) is 0 Å². The Labute approximate surface area is 138 Å². The number of amides is 1. The number of nitrogens with two attached hydrogens (primary N) is 1. The van der Waals surface area contributed by atoms with Crippen LogP contribution in [0.1, 0.15) is 32.8 Å². The average molecular weight is 373 g/mol. The molecule has 1 amide bonds. The van der Waals surface area contributed by atoms with Gasteiger partial charge in [-0.2, -0.15) is 0 Å². The van der Waals surface area contributed by atoms with Gasteiger partial charge in [0.2, 0.25) is 0 Å². The van der Waals surface area contributed by atoms with E-state index < -0.39 is 5.60 Å². The molecular weight excluding hydrogens is 351 g/mol. The molecule has 0 radical (unpaired) electrons. The van der Waals surface area contributed by atoms with Crippen LogP contribution in [-0.4, -0.2) is 35.2 Å². The minimum absolute atomic E-state index is 0.101. The lowest BCUT2D eigenvalue weighted by molar-refractivity contribution is 0.0220. The second-order valence-corrected chi connectivity index (χ2v) is 7.50. The van der Waals surface area contributed by atoms with E-state index in [1.165, 1.54) is 6.07 Å². The topological polar surface area (TPSA) is 55.6 Å². The van der Waals surface area contributed by atoms with Crippen molar-refractivity contribution in [3.8, 4) is 0 Å². The van der Waals surface area contributed by atoms with E-state index >= 15 is 0 Å². The number of likely N-dealkylation sites (tertiary alicyclic amines) is 1. The van der Waals surface area contributed by atoms with Gasteiger partial charge in [0.15, 0.2) is 0 Å². The fraction of sp³-hybridized carbons (Fsp3) is 0.562. The lowest BCUT2D eigenvalue weighted by atomic mass is 10.0. The van der Waals surface area contributed by atoms with Crippen LogP contribution in [0.25, 0.3) is 0 Å². The number of nitrogens with zero attached hydrogens (tertiary/aromatic N) is 1. The second kappa shape index (κ2) is 6.54. The highest BCUT2D eigenvalue weighted by atomic mass is 79.9.